The molecule has 7 aromatic carbocycles. The molecule has 0 saturated carbocycles. The summed E-state index contributed by atoms with van der Waals surface area (Å²) < 4.78 is 35.1. The van der Waals surface area contributed by atoms with Gasteiger partial charge in [0.05, 0.1) is 22.3 Å². The number of para-hydroxylation sites is 1. The molecule has 62 heavy (non-hydrogen) atoms. The molecule has 0 spiro atoms. The van der Waals surface area contributed by atoms with Crippen LogP contribution in [0.5, 0.6) is 5.75 Å². The van der Waals surface area contributed by atoms with Gasteiger partial charge < -0.3 is 5.11 Å². The van der Waals surface area contributed by atoms with Crippen LogP contribution in [0.15, 0.2) is 170 Å². The first kappa shape index (κ1) is 35.7. The van der Waals surface area contributed by atoms with Crippen LogP contribution >= 0.6 is 0 Å². The number of imidazole rings is 1. The number of hydrogen-bond donors (Lipinski definition) is 1. The fourth-order valence-corrected chi connectivity index (χ4v) is 8.51. The minimum atomic E-state index is -2.18. The second kappa shape index (κ2) is 16.8. The lowest BCUT2D eigenvalue weighted by Gasteiger charge is -2.20. The van der Waals surface area contributed by atoms with Gasteiger partial charge in [0.25, 0.3) is 0 Å². The number of rotatable bonds is 10. The van der Waals surface area contributed by atoms with Crippen LogP contribution in [0.2, 0.25) is 0 Å². The summed E-state index contributed by atoms with van der Waals surface area (Å²) in [5, 5.41) is 12.2. The van der Waals surface area contributed by atoms with Crippen molar-refractivity contribution in [3.63, 3.8) is 0 Å². The second-order valence-corrected chi connectivity index (χ2v) is 17.0. The zero-order valence-electron chi connectivity index (χ0n) is 40.1. The lowest BCUT2D eigenvalue weighted by molar-refractivity contribution is 0.466. The minimum absolute atomic E-state index is 0.0662. The van der Waals surface area contributed by atoms with Crippen LogP contribution < -0.4 is 0 Å². The Morgan fingerprint density at radius 3 is 1.92 bits per heavy atom. The molecule has 4 heteroatoms. The van der Waals surface area contributed by atoms with E-state index in [1.807, 2.05) is 74.5 Å². The van der Waals surface area contributed by atoms with Gasteiger partial charge >= 0.3 is 0 Å². The van der Waals surface area contributed by atoms with Gasteiger partial charge in [-0.1, -0.05) is 156 Å². The van der Waals surface area contributed by atoms with Crippen molar-refractivity contribution in [1.82, 2.24) is 14.5 Å². The van der Waals surface area contributed by atoms with E-state index in [4.69, 9.17) is 14.1 Å². The molecule has 306 valence electrons. The Kier molecular flexibility index (Phi) is 9.66. The van der Waals surface area contributed by atoms with Crippen LogP contribution in [0.1, 0.15) is 87.0 Å². The molecule has 2 aromatic heterocycles. The quantitative estimate of drug-likeness (QED) is 0.150. The number of phenols is 1. The summed E-state index contributed by atoms with van der Waals surface area (Å²) in [6.45, 7) is 10.2. The summed E-state index contributed by atoms with van der Waals surface area (Å²) in [6, 6.07) is 54.9. The smallest absolute Gasteiger partial charge is 0.149 e. The van der Waals surface area contributed by atoms with Crippen LogP contribution in [0.3, 0.4) is 0 Å². The van der Waals surface area contributed by atoms with E-state index in [1.54, 1.807) is 18.3 Å². The maximum atomic E-state index is 12.2. The van der Waals surface area contributed by atoms with Crippen molar-refractivity contribution in [3.05, 3.63) is 192 Å². The van der Waals surface area contributed by atoms with Gasteiger partial charge in [-0.15, -0.1) is 0 Å². The van der Waals surface area contributed by atoms with E-state index < -0.39 is 12.7 Å². The minimum Gasteiger partial charge on any atom is -0.507 e. The van der Waals surface area contributed by atoms with Crippen molar-refractivity contribution in [1.29, 1.82) is 0 Å². The Balaban J connectivity index is 1.30. The molecular formula is C58H53N3O. The maximum absolute atomic E-state index is 12.2. The number of aromatic hydroxyl groups is 1. The number of fused-ring (bicyclic) bond motifs is 1. The van der Waals surface area contributed by atoms with Crippen LogP contribution in [-0.2, 0) is 0 Å². The highest BCUT2D eigenvalue weighted by molar-refractivity contribution is 5.98. The molecule has 0 bridgehead atoms. The SMILES string of the molecule is [2H]C([2H])([2H])c1ccc(-c2ccnc(-c3cc(-c4ccccc4)cc(-c4cccc5c4nc(-c4cc(C(C)C)cc(C(C)C)c4O)n5-c4ccc(-c5ccccc5)c(C([2H])(C)C)c4)c3)c2)cc1. The summed E-state index contributed by atoms with van der Waals surface area (Å²) in [6.07, 6.45) is 1.80. The average Bonchev–Trinajstić information content (AvgIpc) is 3.71. The number of nitrogens with zero attached hydrogens (tertiary/aromatic N) is 3. The Hall–Kier alpha value is -7.04. The highest BCUT2D eigenvalue weighted by atomic mass is 16.3. The predicted octanol–water partition coefficient (Wildman–Crippen LogP) is 15.8. The second-order valence-electron chi connectivity index (χ2n) is 17.0. The van der Waals surface area contributed by atoms with Crippen LogP contribution in [0.25, 0.3) is 83.9 Å². The molecule has 0 aliphatic rings. The van der Waals surface area contributed by atoms with E-state index in [1.165, 1.54) is 0 Å². The molecule has 0 atom stereocenters. The first-order valence-corrected chi connectivity index (χ1v) is 21.4. The van der Waals surface area contributed by atoms with Gasteiger partial charge in [-0.2, -0.15) is 0 Å². The molecule has 0 saturated heterocycles. The topological polar surface area (TPSA) is 50.9 Å². The van der Waals surface area contributed by atoms with Gasteiger partial charge in [-0.05, 0) is 135 Å². The molecule has 9 aromatic rings. The summed E-state index contributed by atoms with van der Waals surface area (Å²) in [7, 11) is 0. The third kappa shape index (κ3) is 7.74. The number of aryl methyl sites for hydroxylation is 1. The molecule has 0 aliphatic heterocycles. The number of pyridine rings is 1. The third-order valence-corrected chi connectivity index (χ3v) is 11.9. The Morgan fingerprint density at radius 1 is 0.532 bits per heavy atom. The number of benzene rings is 7. The summed E-state index contributed by atoms with van der Waals surface area (Å²) in [4.78, 5) is 10.4. The molecule has 0 amide bonds. The normalized spacial score (nSPS) is 13.0. The monoisotopic (exact) mass is 811 g/mol. The van der Waals surface area contributed by atoms with E-state index >= 15 is 0 Å². The lowest BCUT2D eigenvalue weighted by Crippen LogP contribution is -2.03. The molecule has 0 radical (unpaired) electrons. The Bertz CT molecular complexity index is 3220. The summed E-state index contributed by atoms with van der Waals surface area (Å²) in [5.41, 5.74) is 15.7. The fraction of sp³-hybridized carbons (Fsp3) is 0.172. The molecule has 2 heterocycles. The van der Waals surface area contributed by atoms with Crippen molar-refractivity contribution < 1.29 is 10.6 Å². The Morgan fingerprint density at radius 2 is 1.23 bits per heavy atom. The summed E-state index contributed by atoms with van der Waals surface area (Å²) >= 11 is 0. The average molecular weight is 812 g/mol. The molecule has 1 N–H and O–H groups in total. The van der Waals surface area contributed by atoms with Crippen LogP contribution in [0.4, 0.5) is 0 Å². The number of aromatic nitrogens is 3. The molecule has 0 unspecified atom stereocenters. The molecule has 0 fully saturated rings. The van der Waals surface area contributed by atoms with E-state index in [9.17, 15) is 6.48 Å². The highest BCUT2D eigenvalue weighted by Crippen LogP contribution is 2.44. The van der Waals surface area contributed by atoms with Crippen molar-refractivity contribution in [2.45, 2.75) is 66.1 Å². The van der Waals surface area contributed by atoms with Gasteiger partial charge in [0, 0.05) is 28.5 Å². The number of phenolic OH excluding ortho intramolecular Hbond substituents is 1. The maximum Gasteiger partial charge on any atom is 0.149 e. The van der Waals surface area contributed by atoms with Crippen molar-refractivity contribution >= 4 is 11.0 Å². The van der Waals surface area contributed by atoms with Gasteiger partial charge in [0.15, 0.2) is 0 Å². The first-order valence-electron chi connectivity index (χ1n) is 23.4. The highest BCUT2D eigenvalue weighted by Gasteiger charge is 2.25. The van der Waals surface area contributed by atoms with Gasteiger partial charge in [0.1, 0.15) is 11.6 Å². The molecular weight excluding hydrogens is 755 g/mol. The van der Waals surface area contributed by atoms with E-state index in [0.717, 1.165) is 89.2 Å². The van der Waals surface area contributed by atoms with Crippen LogP contribution in [-0.4, -0.2) is 19.6 Å². The first-order chi connectivity index (χ1) is 31.5. The largest absolute Gasteiger partial charge is 0.507 e. The number of hydrogen-bond acceptors (Lipinski definition) is 3. The molecule has 0 aliphatic carbocycles. The van der Waals surface area contributed by atoms with Gasteiger partial charge in [-0.25, -0.2) is 4.98 Å². The van der Waals surface area contributed by atoms with Gasteiger partial charge in [-0.3, -0.25) is 9.55 Å². The third-order valence-electron chi connectivity index (χ3n) is 11.9. The van der Waals surface area contributed by atoms with E-state index in [2.05, 4.69) is 123 Å². The zero-order chi connectivity index (χ0) is 46.5. The lowest BCUT2D eigenvalue weighted by atomic mass is 9.91. The standard InChI is InChI=1S/C58H53N3O/c1-36(2)44-32-52(38(5)6)57(62)53(33-44)58-60-56-50(19-14-20-55(56)61(58)48-25-26-49(51(35-48)37(3)4)42-17-12-9-13-18-42)46-29-45(40-15-10-8-11-16-40)30-47(31-46)54-34-43(27-28-59-54)41-23-21-39(7)22-24-41/h8-38,62H,1-7H3/i7D3,37D. The van der Waals surface area contributed by atoms with Crippen LogP contribution in [0, 0.1) is 6.85 Å². The fourth-order valence-electron chi connectivity index (χ4n) is 8.51. The molecule has 4 nitrogen and oxygen atoms in total. The zero-order valence-corrected chi connectivity index (χ0v) is 36.1. The van der Waals surface area contributed by atoms with Gasteiger partial charge in [0.2, 0.25) is 0 Å². The predicted molar refractivity (Wildman–Crippen MR) is 260 cm³/mol. The molecule has 9 rings (SSSR count). The van der Waals surface area contributed by atoms with E-state index in [0.29, 0.717) is 17.0 Å². The van der Waals surface area contributed by atoms with Crippen molar-refractivity contribution in [2.75, 3.05) is 0 Å². The van der Waals surface area contributed by atoms with Crippen molar-refractivity contribution in [2.24, 2.45) is 0 Å². The Labute approximate surface area is 371 Å². The van der Waals surface area contributed by atoms with E-state index in [-0.39, 0.29) is 17.6 Å². The summed E-state index contributed by atoms with van der Waals surface area (Å²) in [5.74, 6) is 0.155. The van der Waals surface area contributed by atoms with Crippen molar-refractivity contribution in [3.8, 4) is 78.6 Å².